The molecule has 0 aliphatic carbocycles. The summed E-state index contributed by atoms with van der Waals surface area (Å²) in [7, 11) is 4.96. The number of amides is 1. The molecule has 0 unspecified atom stereocenters. The molecule has 0 bridgehead atoms. The van der Waals surface area contributed by atoms with Crippen molar-refractivity contribution in [3.63, 3.8) is 0 Å². The summed E-state index contributed by atoms with van der Waals surface area (Å²) in [4.78, 5) is 26.4. The average Bonchev–Trinajstić information content (AvgIpc) is 2.65. The highest BCUT2D eigenvalue weighted by Gasteiger charge is 2.20. The molecule has 150 valence electrons. The highest BCUT2D eigenvalue weighted by Crippen LogP contribution is 2.21. The fourth-order valence-corrected chi connectivity index (χ4v) is 2.90. The molecule has 0 aromatic heterocycles. The van der Waals surface area contributed by atoms with Gasteiger partial charge in [0.1, 0.15) is 0 Å². The van der Waals surface area contributed by atoms with Crippen LogP contribution < -0.4 is 0 Å². The van der Waals surface area contributed by atoms with E-state index in [0.29, 0.717) is 0 Å². The number of carbonyl (C=O) groups is 2. The first-order chi connectivity index (χ1) is 12.8. The van der Waals surface area contributed by atoms with Crippen LogP contribution in [0.15, 0.2) is 17.2 Å². The zero-order valence-electron chi connectivity index (χ0n) is 17.8. The summed E-state index contributed by atoms with van der Waals surface area (Å²) in [6.07, 6.45) is 2.99. The fraction of sp³-hybridized carbons (Fsp3) is 0.571. The molecular weight excluding hydrogens is 342 g/mol. The summed E-state index contributed by atoms with van der Waals surface area (Å²) >= 11 is 0. The third kappa shape index (κ3) is 6.08. The topological polar surface area (TPSA) is 62.2 Å². The Morgan fingerprint density at radius 3 is 1.93 bits per heavy atom. The molecule has 1 aromatic rings. The molecule has 27 heavy (non-hydrogen) atoms. The molecule has 6 heteroatoms. The lowest BCUT2D eigenvalue weighted by Gasteiger charge is -2.20. The van der Waals surface area contributed by atoms with Crippen LogP contribution in [0.3, 0.4) is 0 Å². The lowest BCUT2D eigenvalue weighted by Crippen LogP contribution is -2.36. The Balaban J connectivity index is 3.13. The predicted molar refractivity (Wildman–Crippen MR) is 109 cm³/mol. The van der Waals surface area contributed by atoms with Gasteiger partial charge >= 0.3 is 5.97 Å². The van der Waals surface area contributed by atoms with Crippen molar-refractivity contribution in [2.24, 2.45) is 5.10 Å². The van der Waals surface area contributed by atoms with Gasteiger partial charge in [-0.1, -0.05) is 32.9 Å². The summed E-state index contributed by atoms with van der Waals surface area (Å²) in [5.41, 5.74) is 4.78. The van der Waals surface area contributed by atoms with E-state index in [4.69, 9.17) is 4.74 Å². The first kappa shape index (κ1) is 22.7. The molecule has 1 amide bonds. The van der Waals surface area contributed by atoms with Crippen molar-refractivity contribution in [3.05, 3.63) is 34.4 Å². The van der Waals surface area contributed by atoms with Gasteiger partial charge in [-0.25, -0.2) is 9.80 Å². The number of rotatable bonds is 7. The molecule has 1 aromatic carbocycles. The minimum Gasteiger partial charge on any atom is -0.460 e. The summed E-state index contributed by atoms with van der Waals surface area (Å²) < 4.78 is 5.01. The van der Waals surface area contributed by atoms with Gasteiger partial charge in [-0.05, 0) is 48.4 Å². The lowest BCUT2D eigenvalue weighted by molar-refractivity contribution is -0.135. The van der Waals surface area contributed by atoms with E-state index in [9.17, 15) is 9.59 Å². The SMILES string of the molecule is CCOC(=O)C(=NN(C)C(=O)Cc1c(CC)cc(CC)cc1CC)N(C)C. The normalized spacial score (nSPS) is 11.3. The quantitative estimate of drug-likeness (QED) is 0.318. The largest absolute Gasteiger partial charge is 0.460 e. The van der Waals surface area contributed by atoms with Gasteiger partial charge in [0.25, 0.3) is 0 Å². The Bertz CT molecular complexity index is 671. The van der Waals surface area contributed by atoms with Gasteiger partial charge < -0.3 is 9.64 Å². The van der Waals surface area contributed by atoms with E-state index in [0.717, 1.165) is 24.8 Å². The Morgan fingerprint density at radius 2 is 1.52 bits per heavy atom. The van der Waals surface area contributed by atoms with Crippen molar-refractivity contribution in [2.75, 3.05) is 27.7 Å². The molecule has 0 spiro atoms. The van der Waals surface area contributed by atoms with Gasteiger partial charge in [0.05, 0.1) is 13.0 Å². The first-order valence-corrected chi connectivity index (χ1v) is 9.61. The van der Waals surface area contributed by atoms with Crippen molar-refractivity contribution in [3.8, 4) is 0 Å². The molecule has 0 aliphatic rings. The summed E-state index contributed by atoms with van der Waals surface area (Å²) in [6, 6.07) is 4.38. The van der Waals surface area contributed by atoms with E-state index in [1.54, 1.807) is 33.0 Å². The second-order valence-corrected chi connectivity index (χ2v) is 6.59. The number of ether oxygens (including phenoxy) is 1. The molecule has 0 saturated heterocycles. The number of amidine groups is 1. The molecule has 0 radical (unpaired) electrons. The van der Waals surface area contributed by atoms with Gasteiger partial charge in [-0.3, -0.25) is 4.79 Å². The van der Waals surface area contributed by atoms with Crippen molar-refractivity contribution in [1.82, 2.24) is 9.91 Å². The minimum absolute atomic E-state index is 0.0976. The standard InChI is InChI=1S/C21H33N3O3/c1-8-15-12-16(9-2)18(17(10-3)13-15)14-19(25)24(7)22-20(23(5)6)21(26)27-11-4/h12-13H,8-11,14H2,1-7H3. The maximum atomic E-state index is 12.8. The maximum Gasteiger partial charge on any atom is 0.375 e. The van der Waals surface area contributed by atoms with Gasteiger partial charge in [-0.15, -0.1) is 5.10 Å². The highest BCUT2D eigenvalue weighted by molar-refractivity contribution is 6.35. The molecule has 0 N–H and O–H groups in total. The van der Waals surface area contributed by atoms with E-state index in [-0.39, 0.29) is 24.8 Å². The summed E-state index contributed by atoms with van der Waals surface area (Å²) in [5.74, 6) is -0.606. The first-order valence-electron chi connectivity index (χ1n) is 9.61. The van der Waals surface area contributed by atoms with E-state index >= 15 is 0 Å². The van der Waals surface area contributed by atoms with Crippen LogP contribution in [-0.4, -0.2) is 55.4 Å². The van der Waals surface area contributed by atoms with Crippen molar-refractivity contribution in [1.29, 1.82) is 0 Å². The van der Waals surface area contributed by atoms with E-state index in [2.05, 4.69) is 38.0 Å². The number of esters is 1. The number of hydrogen-bond donors (Lipinski definition) is 0. The fourth-order valence-electron chi connectivity index (χ4n) is 2.90. The molecule has 0 saturated carbocycles. The lowest BCUT2D eigenvalue weighted by atomic mass is 9.91. The van der Waals surface area contributed by atoms with E-state index < -0.39 is 5.97 Å². The summed E-state index contributed by atoms with van der Waals surface area (Å²) in [6.45, 7) is 8.34. The summed E-state index contributed by atoms with van der Waals surface area (Å²) in [5, 5.41) is 5.42. The number of carbonyl (C=O) groups excluding carboxylic acids is 2. The predicted octanol–water partition coefficient (Wildman–Crippen LogP) is 2.81. The Hall–Kier alpha value is -2.37. The van der Waals surface area contributed by atoms with E-state index in [1.165, 1.54) is 21.7 Å². The Kier molecular flexibility index (Phi) is 8.98. The van der Waals surface area contributed by atoms with Crippen LogP contribution in [0.25, 0.3) is 0 Å². The molecule has 0 atom stereocenters. The number of aryl methyl sites for hydroxylation is 3. The Morgan fingerprint density at radius 1 is 0.963 bits per heavy atom. The van der Waals surface area contributed by atoms with Crippen LogP contribution in [-0.2, 0) is 40.0 Å². The average molecular weight is 376 g/mol. The third-order valence-corrected chi connectivity index (χ3v) is 4.48. The molecule has 0 fully saturated rings. The van der Waals surface area contributed by atoms with Gasteiger partial charge in [0.15, 0.2) is 0 Å². The zero-order valence-corrected chi connectivity index (χ0v) is 17.8. The monoisotopic (exact) mass is 375 g/mol. The number of likely N-dealkylation sites (N-methyl/N-ethyl adjacent to an activating group) is 2. The second-order valence-electron chi connectivity index (χ2n) is 6.59. The molecule has 0 heterocycles. The third-order valence-electron chi connectivity index (χ3n) is 4.48. The molecular formula is C21H33N3O3. The number of hydrogen-bond acceptors (Lipinski definition) is 4. The molecule has 1 rings (SSSR count). The van der Waals surface area contributed by atoms with Crippen molar-refractivity contribution < 1.29 is 14.3 Å². The Labute approximate surface area is 163 Å². The minimum atomic E-state index is -0.544. The van der Waals surface area contributed by atoms with Crippen LogP contribution in [0.5, 0.6) is 0 Å². The van der Waals surface area contributed by atoms with Crippen molar-refractivity contribution in [2.45, 2.75) is 53.4 Å². The number of nitrogens with zero attached hydrogens (tertiary/aromatic N) is 3. The van der Waals surface area contributed by atoms with Gasteiger partial charge in [0, 0.05) is 21.1 Å². The number of benzene rings is 1. The zero-order chi connectivity index (χ0) is 20.6. The van der Waals surface area contributed by atoms with Gasteiger partial charge in [0.2, 0.25) is 11.7 Å². The smallest absolute Gasteiger partial charge is 0.375 e. The second kappa shape index (κ2) is 10.7. The number of hydrazone groups is 1. The molecule has 6 nitrogen and oxygen atoms in total. The van der Waals surface area contributed by atoms with Crippen LogP contribution in [0.4, 0.5) is 0 Å². The van der Waals surface area contributed by atoms with Crippen LogP contribution in [0, 0.1) is 0 Å². The van der Waals surface area contributed by atoms with Crippen LogP contribution >= 0.6 is 0 Å². The maximum absolute atomic E-state index is 12.8. The van der Waals surface area contributed by atoms with E-state index in [1.807, 2.05) is 0 Å². The van der Waals surface area contributed by atoms with Crippen LogP contribution in [0.1, 0.15) is 49.9 Å². The van der Waals surface area contributed by atoms with Gasteiger partial charge in [-0.2, -0.15) is 0 Å². The molecule has 0 aliphatic heterocycles. The van der Waals surface area contributed by atoms with Crippen LogP contribution in [0.2, 0.25) is 0 Å². The van der Waals surface area contributed by atoms with Crippen molar-refractivity contribution >= 4 is 17.7 Å². The highest BCUT2D eigenvalue weighted by atomic mass is 16.5.